The van der Waals surface area contributed by atoms with E-state index in [1.807, 2.05) is 0 Å². The number of amides is 1. The summed E-state index contributed by atoms with van der Waals surface area (Å²) in [4.78, 5) is 10.5. The Hall–Kier alpha value is -1.46. The summed E-state index contributed by atoms with van der Waals surface area (Å²) < 4.78 is 25.2. The summed E-state index contributed by atoms with van der Waals surface area (Å²) in [5.74, 6) is -1.26. The van der Waals surface area contributed by atoms with Crippen molar-refractivity contribution in [3.8, 4) is 0 Å². The molecule has 0 fully saturated rings. The zero-order valence-electron chi connectivity index (χ0n) is 7.92. The van der Waals surface area contributed by atoms with Crippen molar-refractivity contribution in [2.24, 2.45) is 7.05 Å². The molecule has 0 aliphatic carbocycles. The second-order valence-electron chi connectivity index (χ2n) is 2.90. The maximum Gasteiger partial charge on any atom is 0.315 e. The molecule has 78 valence electrons. The number of hydrogen-bond acceptors (Lipinski definition) is 2. The number of carbonyl (C=O) groups is 1. The summed E-state index contributed by atoms with van der Waals surface area (Å²) in [5, 5.41) is 6.03. The van der Waals surface area contributed by atoms with E-state index < -0.39 is 12.3 Å². The Balaban J connectivity index is 2.54. The highest BCUT2D eigenvalue weighted by molar-refractivity contribution is 5.79. The van der Waals surface area contributed by atoms with Crippen molar-refractivity contribution >= 4 is 5.91 Å². The maximum absolute atomic E-state index is 11.8. The highest BCUT2D eigenvalue weighted by atomic mass is 19.3. The second kappa shape index (κ2) is 4.17. The van der Waals surface area contributed by atoms with Crippen molar-refractivity contribution < 1.29 is 13.6 Å². The zero-order chi connectivity index (χ0) is 10.7. The first-order valence-corrected chi connectivity index (χ1v) is 4.05. The maximum atomic E-state index is 11.8. The molecule has 1 aromatic rings. The quantitative estimate of drug-likeness (QED) is 0.782. The molecule has 0 aliphatic heterocycles. The number of rotatable bonds is 3. The molecule has 0 aromatic carbocycles. The van der Waals surface area contributed by atoms with Crippen LogP contribution >= 0.6 is 0 Å². The molecule has 0 atom stereocenters. The third-order valence-electron chi connectivity index (χ3n) is 1.99. The monoisotopic (exact) mass is 203 g/mol. The molecule has 1 N–H and O–H groups in total. The van der Waals surface area contributed by atoms with Crippen molar-refractivity contribution in [2.75, 3.05) is 0 Å². The number of aryl methyl sites for hydroxylation is 1. The first-order valence-electron chi connectivity index (χ1n) is 4.05. The summed E-state index contributed by atoms with van der Waals surface area (Å²) >= 11 is 0. The number of aromatic nitrogens is 2. The van der Waals surface area contributed by atoms with E-state index in [4.69, 9.17) is 0 Å². The lowest BCUT2D eigenvalue weighted by Crippen LogP contribution is -2.29. The first kappa shape index (κ1) is 10.6. The smallest absolute Gasteiger partial charge is 0.315 e. The van der Waals surface area contributed by atoms with Crippen LogP contribution in [0, 0.1) is 6.92 Å². The molecule has 0 saturated heterocycles. The molecule has 1 heterocycles. The van der Waals surface area contributed by atoms with Gasteiger partial charge in [0.25, 0.3) is 5.91 Å². The standard InChI is InChI=1S/C8H11F2N3O/c1-5-6(4-12-13(5)2)3-11-8(14)7(9)10/h4,7H,3H2,1-2H3,(H,11,14). The van der Waals surface area contributed by atoms with E-state index in [1.165, 1.54) is 0 Å². The number of nitrogens with zero attached hydrogens (tertiary/aromatic N) is 2. The average molecular weight is 203 g/mol. The number of alkyl halides is 2. The van der Waals surface area contributed by atoms with Crippen LogP contribution in [0.3, 0.4) is 0 Å². The molecular weight excluding hydrogens is 192 g/mol. The molecule has 0 spiro atoms. The summed E-state index contributed by atoms with van der Waals surface area (Å²) in [6, 6.07) is 0. The molecule has 0 unspecified atom stereocenters. The van der Waals surface area contributed by atoms with E-state index in [-0.39, 0.29) is 6.54 Å². The van der Waals surface area contributed by atoms with Crippen LogP contribution in [0.5, 0.6) is 0 Å². The molecule has 1 rings (SSSR count). The highest BCUT2D eigenvalue weighted by Gasteiger charge is 2.14. The van der Waals surface area contributed by atoms with Gasteiger partial charge in [-0.3, -0.25) is 9.48 Å². The average Bonchev–Trinajstić information content (AvgIpc) is 2.44. The Morgan fingerprint density at radius 1 is 1.71 bits per heavy atom. The largest absolute Gasteiger partial charge is 0.347 e. The van der Waals surface area contributed by atoms with Gasteiger partial charge in [-0.15, -0.1) is 0 Å². The van der Waals surface area contributed by atoms with Gasteiger partial charge in [-0.05, 0) is 6.92 Å². The molecule has 0 saturated carbocycles. The third-order valence-corrected chi connectivity index (χ3v) is 1.99. The Morgan fingerprint density at radius 3 is 2.79 bits per heavy atom. The topological polar surface area (TPSA) is 46.9 Å². The van der Waals surface area contributed by atoms with Gasteiger partial charge in [-0.2, -0.15) is 13.9 Å². The number of halogens is 2. The fourth-order valence-electron chi connectivity index (χ4n) is 0.977. The Kier molecular flexibility index (Phi) is 3.16. The summed E-state index contributed by atoms with van der Waals surface area (Å²) in [6.45, 7) is 1.89. The van der Waals surface area contributed by atoms with Gasteiger partial charge < -0.3 is 5.32 Å². The van der Waals surface area contributed by atoms with Crippen LogP contribution in [0.25, 0.3) is 0 Å². The predicted molar refractivity (Wildman–Crippen MR) is 45.8 cm³/mol. The SMILES string of the molecule is Cc1c(CNC(=O)C(F)F)cnn1C. The predicted octanol–water partition coefficient (Wildman–Crippen LogP) is 0.610. The lowest BCUT2D eigenvalue weighted by Gasteiger charge is -2.03. The Morgan fingerprint density at radius 2 is 2.36 bits per heavy atom. The van der Waals surface area contributed by atoms with Crippen molar-refractivity contribution in [1.82, 2.24) is 15.1 Å². The van der Waals surface area contributed by atoms with Gasteiger partial charge in [-0.1, -0.05) is 0 Å². The van der Waals surface area contributed by atoms with Crippen LogP contribution in [-0.2, 0) is 18.4 Å². The summed E-state index contributed by atoms with van der Waals surface area (Å²) in [6.07, 6.45) is -1.42. The van der Waals surface area contributed by atoms with Crippen LogP contribution in [-0.4, -0.2) is 22.1 Å². The second-order valence-corrected chi connectivity index (χ2v) is 2.90. The van der Waals surface area contributed by atoms with Crippen LogP contribution in [0.4, 0.5) is 8.78 Å². The summed E-state index contributed by atoms with van der Waals surface area (Å²) in [5.41, 5.74) is 1.58. The third kappa shape index (κ3) is 2.27. The van der Waals surface area contributed by atoms with E-state index in [0.29, 0.717) is 0 Å². The fraction of sp³-hybridized carbons (Fsp3) is 0.500. The lowest BCUT2D eigenvalue weighted by molar-refractivity contribution is -0.131. The normalized spacial score (nSPS) is 10.6. The lowest BCUT2D eigenvalue weighted by atomic mass is 10.2. The van der Waals surface area contributed by atoms with Crippen molar-refractivity contribution in [2.45, 2.75) is 19.9 Å². The molecule has 0 bridgehead atoms. The molecule has 4 nitrogen and oxygen atoms in total. The Labute approximate surface area is 79.9 Å². The van der Waals surface area contributed by atoms with Gasteiger partial charge in [0.1, 0.15) is 0 Å². The number of hydrogen-bond donors (Lipinski definition) is 1. The highest BCUT2D eigenvalue weighted by Crippen LogP contribution is 2.05. The van der Waals surface area contributed by atoms with Crippen LogP contribution in [0.1, 0.15) is 11.3 Å². The van der Waals surface area contributed by atoms with Gasteiger partial charge in [0.15, 0.2) is 0 Å². The van der Waals surface area contributed by atoms with Gasteiger partial charge in [0, 0.05) is 24.8 Å². The van der Waals surface area contributed by atoms with Crippen molar-refractivity contribution in [1.29, 1.82) is 0 Å². The van der Waals surface area contributed by atoms with Crippen molar-refractivity contribution in [3.63, 3.8) is 0 Å². The van der Waals surface area contributed by atoms with Gasteiger partial charge in [-0.25, -0.2) is 0 Å². The minimum absolute atomic E-state index is 0.0862. The van der Waals surface area contributed by atoms with E-state index in [1.54, 1.807) is 24.9 Å². The number of nitrogens with one attached hydrogen (secondary N) is 1. The zero-order valence-corrected chi connectivity index (χ0v) is 7.92. The minimum Gasteiger partial charge on any atom is -0.347 e. The first-order chi connectivity index (χ1) is 6.52. The molecule has 14 heavy (non-hydrogen) atoms. The van der Waals surface area contributed by atoms with E-state index >= 15 is 0 Å². The molecular formula is C8H11F2N3O. The van der Waals surface area contributed by atoms with Crippen LogP contribution in [0.2, 0.25) is 0 Å². The summed E-state index contributed by atoms with van der Waals surface area (Å²) in [7, 11) is 1.74. The van der Waals surface area contributed by atoms with Gasteiger partial charge in [0.2, 0.25) is 0 Å². The van der Waals surface area contributed by atoms with E-state index in [9.17, 15) is 13.6 Å². The van der Waals surface area contributed by atoms with Crippen LogP contribution in [0.15, 0.2) is 6.20 Å². The van der Waals surface area contributed by atoms with E-state index in [2.05, 4.69) is 10.4 Å². The molecule has 0 radical (unpaired) electrons. The van der Waals surface area contributed by atoms with E-state index in [0.717, 1.165) is 11.3 Å². The van der Waals surface area contributed by atoms with Crippen LogP contribution < -0.4 is 5.32 Å². The number of carbonyl (C=O) groups excluding carboxylic acids is 1. The van der Waals surface area contributed by atoms with Crippen molar-refractivity contribution in [3.05, 3.63) is 17.5 Å². The molecule has 1 amide bonds. The minimum atomic E-state index is -2.97. The molecule has 0 aliphatic rings. The molecule has 6 heteroatoms. The fourth-order valence-corrected chi connectivity index (χ4v) is 0.977. The Bertz CT molecular complexity index is 335. The van der Waals surface area contributed by atoms with Gasteiger partial charge in [0.05, 0.1) is 6.20 Å². The molecule has 1 aromatic heterocycles. The van der Waals surface area contributed by atoms with Gasteiger partial charge >= 0.3 is 6.43 Å².